The van der Waals surface area contributed by atoms with Gasteiger partial charge in [0.25, 0.3) is 5.91 Å². The quantitative estimate of drug-likeness (QED) is 0.469. The highest BCUT2D eigenvalue weighted by Crippen LogP contribution is 2.35. The van der Waals surface area contributed by atoms with Crippen molar-refractivity contribution in [1.29, 1.82) is 0 Å². The molecule has 1 saturated heterocycles. The molecule has 2 aromatic carbocycles. The summed E-state index contributed by atoms with van der Waals surface area (Å²) in [5.41, 5.74) is 0.526. The third-order valence-corrected chi connectivity index (χ3v) is 5.92. The molecule has 6 nitrogen and oxygen atoms in total. The highest BCUT2D eigenvalue weighted by Gasteiger charge is 2.50. The third kappa shape index (κ3) is 3.36. The Morgan fingerprint density at radius 3 is 2.53 bits per heavy atom. The van der Waals surface area contributed by atoms with Crippen LogP contribution in [0.2, 0.25) is 10.0 Å². The Kier molecular flexibility index (Phi) is 5.08. The van der Waals surface area contributed by atoms with Crippen molar-refractivity contribution < 1.29 is 14.0 Å². The lowest BCUT2D eigenvalue weighted by Crippen LogP contribution is -2.41. The molecule has 0 spiro atoms. The SMILES string of the molecule is CCc1ccc2c(CN3C(=O)NC(C)(c4ccc(Cl)cc4Cl)C3=O)cc(=O)oc2c1. The molecule has 0 radical (unpaired) electrons. The number of hydrogen-bond acceptors (Lipinski definition) is 4. The Morgan fingerprint density at radius 1 is 1.07 bits per heavy atom. The van der Waals surface area contributed by atoms with E-state index in [0.717, 1.165) is 16.9 Å². The number of fused-ring (bicyclic) bond motifs is 1. The maximum atomic E-state index is 13.3. The maximum Gasteiger partial charge on any atom is 0.336 e. The molecule has 30 heavy (non-hydrogen) atoms. The Morgan fingerprint density at radius 2 is 1.83 bits per heavy atom. The molecule has 1 fully saturated rings. The van der Waals surface area contributed by atoms with Crippen LogP contribution in [0.4, 0.5) is 4.79 Å². The lowest BCUT2D eigenvalue weighted by molar-refractivity contribution is -0.131. The number of urea groups is 1. The summed E-state index contributed by atoms with van der Waals surface area (Å²) < 4.78 is 5.31. The van der Waals surface area contributed by atoms with Crippen LogP contribution in [-0.4, -0.2) is 16.8 Å². The number of nitrogens with zero attached hydrogens (tertiary/aromatic N) is 1. The predicted molar refractivity (Wildman–Crippen MR) is 115 cm³/mol. The van der Waals surface area contributed by atoms with Crippen LogP contribution in [0.25, 0.3) is 11.0 Å². The Balaban J connectivity index is 1.73. The van der Waals surface area contributed by atoms with E-state index in [1.807, 2.05) is 19.1 Å². The van der Waals surface area contributed by atoms with Crippen molar-refractivity contribution >= 4 is 46.1 Å². The molecule has 0 saturated carbocycles. The summed E-state index contributed by atoms with van der Waals surface area (Å²) in [6.07, 6.45) is 0.789. The molecule has 8 heteroatoms. The normalized spacial score (nSPS) is 18.9. The fraction of sp³-hybridized carbons (Fsp3) is 0.227. The van der Waals surface area contributed by atoms with Gasteiger partial charge in [-0.3, -0.25) is 9.69 Å². The minimum absolute atomic E-state index is 0.0704. The average molecular weight is 445 g/mol. The highest BCUT2D eigenvalue weighted by atomic mass is 35.5. The summed E-state index contributed by atoms with van der Waals surface area (Å²) in [7, 11) is 0. The van der Waals surface area contributed by atoms with Crippen molar-refractivity contribution in [1.82, 2.24) is 10.2 Å². The van der Waals surface area contributed by atoms with Gasteiger partial charge in [0, 0.05) is 27.1 Å². The fourth-order valence-corrected chi connectivity index (χ4v) is 4.31. The average Bonchev–Trinajstić information content (AvgIpc) is 2.90. The number of carbonyl (C=O) groups is 2. The van der Waals surface area contributed by atoms with E-state index in [2.05, 4.69) is 5.32 Å². The van der Waals surface area contributed by atoms with Crippen molar-refractivity contribution in [2.75, 3.05) is 0 Å². The first-order valence-corrected chi connectivity index (χ1v) is 10.1. The van der Waals surface area contributed by atoms with Gasteiger partial charge in [-0.2, -0.15) is 0 Å². The summed E-state index contributed by atoms with van der Waals surface area (Å²) >= 11 is 12.2. The molecule has 1 aromatic heterocycles. The molecular formula is C22H18Cl2N2O4. The lowest BCUT2D eigenvalue weighted by Gasteiger charge is -2.23. The van der Waals surface area contributed by atoms with E-state index in [-0.39, 0.29) is 11.6 Å². The van der Waals surface area contributed by atoms with Gasteiger partial charge in [-0.15, -0.1) is 0 Å². The highest BCUT2D eigenvalue weighted by molar-refractivity contribution is 6.35. The second-order valence-electron chi connectivity index (χ2n) is 7.35. The number of rotatable bonds is 4. The minimum atomic E-state index is -1.34. The number of amides is 3. The Labute approximate surface area is 182 Å². The molecule has 0 aliphatic carbocycles. The molecule has 2 heterocycles. The summed E-state index contributed by atoms with van der Waals surface area (Å²) in [6.45, 7) is 3.52. The van der Waals surface area contributed by atoms with Gasteiger partial charge in [0.1, 0.15) is 11.1 Å². The molecule has 1 N–H and O–H groups in total. The van der Waals surface area contributed by atoms with Crippen LogP contribution in [0, 0.1) is 0 Å². The number of carbonyl (C=O) groups excluding carboxylic acids is 2. The van der Waals surface area contributed by atoms with E-state index < -0.39 is 23.1 Å². The van der Waals surface area contributed by atoms with E-state index in [4.69, 9.17) is 27.6 Å². The monoisotopic (exact) mass is 444 g/mol. The number of hydrogen-bond donors (Lipinski definition) is 1. The topological polar surface area (TPSA) is 79.6 Å². The summed E-state index contributed by atoms with van der Waals surface area (Å²) in [6, 6.07) is 11.0. The van der Waals surface area contributed by atoms with Crippen LogP contribution in [0.15, 0.2) is 51.7 Å². The zero-order valence-electron chi connectivity index (χ0n) is 16.3. The Bertz CT molecular complexity index is 1250. The van der Waals surface area contributed by atoms with Crippen LogP contribution in [0.5, 0.6) is 0 Å². The fourth-order valence-electron chi connectivity index (χ4n) is 3.71. The smallest absolute Gasteiger partial charge is 0.336 e. The molecule has 4 rings (SSSR count). The van der Waals surface area contributed by atoms with E-state index in [1.165, 1.54) is 12.1 Å². The minimum Gasteiger partial charge on any atom is -0.423 e. The first-order valence-electron chi connectivity index (χ1n) is 9.38. The van der Waals surface area contributed by atoms with Crippen LogP contribution < -0.4 is 10.9 Å². The molecule has 1 atom stereocenters. The number of aryl methyl sites for hydroxylation is 1. The molecule has 154 valence electrons. The number of nitrogens with one attached hydrogen (secondary N) is 1. The van der Waals surface area contributed by atoms with Gasteiger partial charge in [0.2, 0.25) is 0 Å². The predicted octanol–water partition coefficient (Wildman–Crippen LogP) is 4.63. The zero-order valence-corrected chi connectivity index (χ0v) is 17.8. The van der Waals surface area contributed by atoms with Crippen LogP contribution in [-0.2, 0) is 23.3 Å². The van der Waals surface area contributed by atoms with Gasteiger partial charge in [-0.25, -0.2) is 9.59 Å². The van der Waals surface area contributed by atoms with Gasteiger partial charge in [-0.05, 0) is 42.7 Å². The summed E-state index contributed by atoms with van der Waals surface area (Å²) in [4.78, 5) is 39.1. The van der Waals surface area contributed by atoms with Crippen molar-refractivity contribution in [3.63, 3.8) is 0 Å². The number of halogens is 2. The van der Waals surface area contributed by atoms with Crippen molar-refractivity contribution in [3.05, 3.63) is 79.6 Å². The molecule has 3 aromatic rings. The number of benzene rings is 2. The molecule has 0 bridgehead atoms. The van der Waals surface area contributed by atoms with E-state index in [0.29, 0.717) is 27.1 Å². The Hall–Kier alpha value is -2.83. The largest absolute Gasteiger partial charge is 0.423 e. The number of imide groups is 1. The first-order chi connectivity index (χ1) is 14.2. The second kappa shape index (κ2) is 7.45. The second-order valence-corrected chi connectivity index (χ2v) is 8.19. The molecule has 1 aliphatic rings. The molecule has 1 unspecified atom stereocenters. The maximum absolute atomic E-state index is 13.3. The standard InChI is InChI=1S/C22H18Cl2N2O4/c1-3-12-4-6-15-13(9-19(27)30-18(15)8-12)11-26-20(28)22(2,25-21(26)29)16-7-5-14(23)10-17(16)24/h4-10H,3,11H2,1-2H3,(H,25,29). The van der Waals surface area contributed by atoms with Gasteiger partial charge in [0.15, 0.2) is 0 Å². The van der Waals surface area contributed by atoms with E-state index in [1.54, 1.807) is 25.1 Å². The van der Waals surface area contributed by atoms with E-state index in [9.17, 15) is 14.4 Å². The van der Waals surface area contributed by atoms with Gasteiger partial charge in [0.05, 0.1) is 6.54 Å². The van der Waals surface area contributed by atoms with Crippen molar-refractivity contribution in [3.8, 4) is 0 Å². The van der Waals surface area contributed by atoms with Gasteiger partial charge < -0.3 is 9.73 Å². The van der Waals surface area contributed by atoms with Crippen molar-refractivity contribution in [2.24, 2.45) is 0 Å². The lowest BCUT2D eigenvalue weighted by atomic mass is 9.92. The van der Waals surface area contributed by atoms with Gasteiger partial charge >= 0.3 is 11.7 Å². The molecular weight excluding hydrogens is 427 g/mol. The summed E-state index contributed by atoms with van der Waals surface area (Å²) in [5.74, 6) is -0.469. The molecule has 3 amide bonds. The van der Waals surface area contributed by atoms with Crippen LogP contribution in [0.3, 0.4) is 0 Å². The molecule has 1 aliphatic heterocycles. The van der Waals surface area contributed by atoms with E-state index >= 15 is 0 Å². The third-order valence-electron chi connectivity index (χ3n) is 5.38. The van der Waals surface area contributed by atoms with Gasteiger partial charge in [-0.1, -0.05) is 48.3 Å². The first kappa shape index (κ1) is 20.4. The summed E-state index contributed by atoms with van der Waals surface area (Å²) in [5, 5.41) is 4.09. The van der Waals surface area contributed by atoms with Crippen molar-refractivity contribution in [2.45, 2.75) is 32.4 Å². The zero-order chi connectivity index (χ0) is 21.6. The van der Waals surface area contributed by atoms with Crippen LogP contribution >= 0.6 is 23.2 Å². The van der Waals surface area contributed by atoms with Crippen LogP contribution in [0.1, 0.15) is 30.5 Å².